The summed E-state index contributed by atoms with van der Waals surface area (Å²) in [6.45, 7) is 9.13. The van der Waals surface area contributed by atoms with Crippen LogP contribution in [-0.4, -0.2) is 89.7 Å². The maximum atomic E-state index is 12.1. The fraction of sp³-hybridized carbons (Fsp3) is 0.722. The standard InChI is InChI=1S/C18H28N4O4S2/c1-13-7-21(8-14(2)26-13)9-15-10-28-18(19-15)20-16(23)11-27-12-17(24)22-3-5-25-6-4-22/h10,13-14H,3-9,11-12H2,1-2H3,(H,19,20,23). The number of carbonyl (C=O) groups excluding carboxylic acids is 2. The molecule has 28 heavy (non-hydrogen) atoms. The molecule has 0 radical (unpaired) electrons. The summed E-state index contributed by atoms with van der Waals surface area (Å²) in [7, 11) is 0. The minimum atomic E-state index is -0.130. The Hall–Kier alpha value is -1.20. The van der Waals surface area contributed by atoms with Gasteiger partial charge in [0.1, 0.15) is 0 Å². The Labute approximate surface area is 173 Å². The third kappa shape index (κ3) is 6.70. The van der Waals surface area contributed by atoms with E-state index in [1.54, 1.807) is 4.90 Å². The summed E-state index contributed by atoms with van der Waals surface area (Å²) in [5.74, 6) is 0.480. The summed E-state index contributed by atoms with van der Waals surface area (Å²) in [5, 5.41) is 5.42. The summed E-state index contributed by atoms with van der Waals surface area (Å²) >= 11 is 2.76. The van der Waals surface area contributed by atoms with Crippen molar-refractivity contribution in [2.75, 3.05) is 56.2 Å². The van der Waals surface area contributed by atoms with Crippen molar-refractivity contribution in [2.24, 2.45) is 0 Å². The first-order valence-electron chi connectivity index (χ1n) is 9.55. The minimum Gasteiger partial charge on any atom is -0.378 e. The maximum absolute atomic E-state index is 12.1. The number of aromatic nitrogens is 1. The van der Waals surface area contributed by atoms with Gasteiger partial charge in [0, 0.05) is 38.1 Å². The lowest BCUT2D eigenvalue weighted by Crippen LogP contribution is -2.44. The Morgan fingerprint density at radius 2 is 1.96 bits per heavy atom. The van der Waals surface area contributed by atoms with Crippen molar-refractivity contribution in [3.63, 3.8) is 0 Å². The molecule has 3 heterocycles. The van der Waals surface area contributed by atoms with Crippen molar-refractivity contribution in [3.8, 4) is 0 Å². The van der Waals surface area contributed by atoms with Crippen LogP contribution in [0.1, 0.15) is 19.5 Å². The molecule has 0 aliphatic carbocycles. The molecular weight excluding hydrogens is 400 g/mol. The first kappa shape index (κ1) is 21.5. The number of anilines is 1. The van der Waals surface area contributed by atoms with Gasteiger partial charge in [-0.2, -0.15) is 0 Å². The third-order valence-corrected chi connectivity index (χ3v) is 6.23. The molecule has 1 aromatic heterocycles. The number of ether oxygens (including phenoxy) is 2. The number of hydrogen-bond acceptors (Lipinski definition) is 8. The van der Waals surface area contributed by atoms with E-state index in [-0.39, 0.29) is 29.8 Å². The van der Waals surface area contributed by atoms with Gasteiger partial charge in [-0.3, -0.25) is 14.5 Å². The van der Waals surface area contributed by atoms with Crippen molar-refractivity contribution < 1.29 is 19.1 Å². The third-order valence-electron chi connectivity index (χ3n) is 4.50. The number of carbonyl (C=O) groups is 2. The zero-order valence-corrected chi connectivity index (χ0v) is 18.0. The van der Waals surface area contributed by atoms with Gasteiger partial charge >= 0.3 is 0 Å². The number of morpholine rings is 2. The van der Waals surface area contributed by atoms with E-state index < -0.39 is 0 Å². The fourth-order valence-electron chi connectivity index (χ4n) is 3.37. The van der Waals surface area contributed by atoms with Crippen LogP contribution >= 0.6 is 23.1 Å². The van der Waals surface area contributed by atoms with Crippen molar-refractivity contribution in [3.05, 3.63) is 11.1 Å². The number of hydrogen-bond donors (Lipinski definition) is 1. The highest BCUT2D eigenvalue weighted by Crippen LogP contribution is 2.19. The van der Waals surface area contributed by atoms with E-state index in [2.05, 4.69) is 29.0 Å². The van der Waals surface area contributed by atoms with Crippen LogP contribution in [0, 0.1) is 0 Å². The topological polar surface area (TPSA) is 84.0 Å². The van der Waals surface area contributed by atoms with Gasteiger partial charge < -0.3 is 19.7 Å². The van der Waals surface area contributed by atoms with Crippen LogP contribution in [0.15, 0.2) is 5.38 Å². The molecule has 2 atom stereocenters. The van der Waals surface area contributed by atoms with E-state index in [1.807, 2.05) is 5.38 Å². The first-order valence-corrected chi connectivity index (χ1v) is 11.6. The van der Waals surface area contributed by atoms with Crippen molar-refractivity contribution in [2.45, 2.75) is 32.6 Å². The molecule has 2 aliphatic rings. The molecular formula is C18H28N4O4S2. The average Bonchev–Trinajstić information content (AvgIpc) is 3.08. The Bertz CT molecular complexity index is 656. The summed E-state index contributed by atoms with van der Waals surface area (Å²) in [5.41, 5.74) is 0.955. The van der Waals surface area contributed by atoms with Gasteiger partial charge in [-0.1, -0.05) is 0 Å². The largest absolute Gasteiger partial charge is 0.378 e. The molecule has 1 aromatic rings. The molecule has 3 rings (SSSR count). The molecule has 0 aromatic carbocycles. The predicted octanol–water partition coefficient (Wildman–Crippen LogP) is 1.28. The second-order valence-electron chi connectivity index (χ2n) is 7.13. The van der Waals surface area contributed by atoms with Gasteiger partial charge in [0.05, 0.1) is 42.6 Å². The normalized spacial score (nSPS) is 23.6. The lowest BCUT2D eigenvalue weighted by molar-refractivity contribution is -0.132. The van der Waals surface area contributed by atoms with Crippen molar-refractivity contribution in [1.29, 1.82) is 0 Å². The molecule has 2 amide bonds. The Kier molecular flexibility index (Phi) is 8.10. The Balaban J connectivity index is 1.37. The Morgan fingerprint density at radius 3 is 2.68 bits per heavy atom. The predicted molar refractivity (Wildman–Crippen MR) is 111 cm³/mol. The number of rotatable bonds is 7. The highest BCUT2D eigenvalue weighted by Gasteiger charge is 2.23. The second kappa shape index (κ2) is 10.5. The van der Waals surface area contributed by atoms with Crippen LogP contribution in [0.3, 0.4) is 0 Å². The van der Waals surface area contributed by atoms with Crippen molar-refractivity contribution in [1.82, 2.24) is 14.8 Å². The van der Waals surface area contributed by atoms with E-state index in [4.69, 9.17) is 9.47 Å². The minimum absolute atomic E-state index is 0.0617. The summed E-state index contributed by atoms with van der Waals surface area (Å²) < 4.78 is 11.0. The van der Waals surface area contributed by atoms with Gasteiger partial charge in [-0.05, 0) is 13.8 Å². The second-order valence-corrected chi connectivity index (χ2v) is 8.97. The lowest BCUT2D eigenvalue weighted by atomic mass is 10.2. The fourth-order valence-corrected chi connectivity index (χ4v) is 4.80. The van der Waals surface area contributed by atoms with E-state index in [1.165, 1.54) is 23.1 Å². The molecule has 1 N–H and O–H groups in total. The quantitative estimate of drug-likeness (QED) is 0.700. The summed E-state index contributed by atoms with van der Waals surface area (Å²) in [4.78, 5) is 32.8. The molecule has 2 unspecified atom stereocenters. The van der Waals surface area contributed by atoms with Gasteiger partial charge in [0.15, 0.2) is 5.13 Å². The molecule has 8 nitrogen and oxygen atoms in total. The molecule has 2 aliphatic heterocycles. The van der Waals surface area contributed by atoms with Crippen LogP contribution in [0.4, 0.5) is 5.13 Å². The highest BCUT2D eigenvalue weighted by molar-refractivity contribution is 8.00. The number of nitrogens with zero attached hydrogens (tertiary/aromatic N) is 3. The summed E-state index contributed by atoms with van der Waals surface area (Å²) in [6.07, 6.45) is 0.442. The molecule has 2 fully saturated rings. The lowest BCUT2D eigenvalue weighted by Gasteiger charge is -2.34. The van der Waals surface area contributed by atoms with Gasteiger partial charge in [0.25, 0.3) is 0 Å². The number of amides is 2. The first-order chi connectivity index (χ1) is 13.5. The maximum Gasteiger partial charge on any atom is 0.236 e. The van der Waals surface area contributed by atoms with Crippen LogP contribution in [-0.2, 0) is 25.6 Å². The monoisotopic (exact) mass is 428 g/mol. The van der Waals surface area contributed by atoms with Crippen LogP contribution in [0.2, 0.25) is 0 Å². The Morgan fingerprint density at radius 1 is 1.25 bits per heavy atom. The molecule has 0 saturated carbocycles. The van der Waals surface area contributed by atoms with E-state index in [9.17, 15) is 9.59 Å². The zero-order valence-electron chi connectivity index (χ0n) is 16.4. The molecule has 10 heteroatoms. The molecule has 0 spiro atoms. The SMILES string of the molecule is CC1CN(Cc2csc(NC(=O)CSCC(=O)N3CCOCC3)n2)CC(C)O1. The number of thiazole rings is 1. The average molecular weight is 429 g/mol. The molecule has 2 saturated heterocycles. The van der Waals surface area contributed by atoms with Crippen LogP contribution in [0.25, 0.3) is 0 Å². The van der Waals surface area contributed by atoms with Gasteiger partial charge in [-0.25, -0.2) is 4.98 Å². The van der Waals surface area contributed by atoms with E-state index in [0.717, 1.165) is 25.3 Å². The molecule has 0 bridgehead atoms. The smallest absolute Gasteiger partial charge is 0.236 e. The van der Waals surface area contributed by atoms with Crippen LogP contribution in [0.5, 0.6) is 0 Å². The van der Waals surface area contributed by atoms with Crippen molar-refractivity contribution >= 4 is 40.0 Å². The van der Waals surface area contributed by atoms with Gasteiger partial charge in [0.2, 0.25) is 11.8 Å². The number of thioether (sulfide) groups is 1. The van der Waals surface area contributed by atoms with Gasteiger partial charge in [-0.15, -0.1) is 23.1 Å². The number of nitrogens with one attached hydrogen (secondary N) is 1. The molecule has 156 valence electrons. The van der Waals surface area contributed by atoms with E-state index >= 15 is 0 Å². The highest BCUT2D eigenvalue weighted by atomic mass is 32.2. The summed E-state index contributed by atoms with van der Waals surface area (Å²) in [6, 6.07) is 0. The van der Waals surface area contributed by atoms with E-state index in [0.29, 0.717) is 37.2 Å². The van der Waals surface area contributed by atoms with Crippen LogP contribution < -0.4 is 5.32 Å². The zero-order chi connectivity index (χ0) is 19.9.